The van der Waals surface area contributed by atoms with Gasteiger partial charge in [-0.25, -0.2) is 4.79 Å². The summed E-state index contributed by atoms with van der Waals surface area (Å²) in [5.41, 5.74) is 0. The van der Waals surface area contributed by atoms with Crippen LogP contribution in [0.15, 0.2) is 0 Å². The van der Waals surface area contributed by atoms with Gasteiger partial charge in [0.25, 0.3) is 0 Å². The zero-order chi connectivity index (χ0) is 15.0. The third-order valence-electron chi connectivity index (χ3n) is 3.61. The molecule has 1 atom stereocenters. The van der Waals surface area contributed by atoms with Gasteiger partial charge in [0.15, 0.2) is 0 Å². The predicted octanol–water partition coefficient (Wildman–Crippen LogP) is 1.65. The second-order valence-corrected chi connectivity index (χ2v) is 5.11. The number of amides is 2. The highest BCUT2D eigenvalue weighted by molar-refractivity contribution is 5.74. The Kier molecular flexibility index (Phi) is 7.36. The number of aliphatic carboxylic acids is 1. The molecule has 1 saturated heterocycles. The topological polar surface area (TPSA) is 70.1 Å². The zero-order valence-corrected chi connectivity index (χ0v) is 12.5. The van der Waals surface area contributed by atoms with Crippen molar-refractivity contribution >= 4 is 12.0 Å². The first-order valence-electron chi connectivity index (χ1n) is 7.41. The molecule has 1 aliphatic rings. The van der Waals surface area contributed by atoms with Gasteiger partial charge in [-0.2, -0.15) is 0 Å². The normalized spacial score (nSPS) is 18.9. The molecule has 0 aliphatic carbocycles. The van der Waals surface area contributed by atoms with Crippen molar-refractivity contribution in [2.24, 2.45) is 5.92 Å². The molecule has 1 fully saturated rings. The SMILES string of the molecule is CCOCCN(CC)C(=O)N1CCCC(CC(=O)O)C1. The molecule has 1 N–H and O–H groups in total. The second-order valence-electron chi connectivity index (χ2n) is 5.11. The van der Waals surface area contributed by atoms with E-state index >= 15 is 0 Å². The molecular weight excluding hydrogens is 260 g/mol. The molecule has 0 aromatic heterocycles. The molecule has 1 aliphatic heterocycles. The van der Waals surface area contributed by atoms with Crippen molar-refractivity contribution in [1.82, 2.24) is 9.80 Å². The minimum absolute atomic E-state index is 0.00212. The van der Waals surface area contributed by atoms with Gasteiger partial charge in [-0.05, 0) is 32.6 Å². The molecule has 0 aromatic carbocycles. The number of carboxylic acid groups (broad SMARTS) is 1. The number of carboxylic acids is 1. The maximum Gasteiger partial charge on any atom is 0.320 e. The summed E-state index contributed by atoms with van der Waals surface area (Å²) in [7, 11) is 0. The van der Waals surface area contributed by atoms with E-state index in [4.69, 9.17) is 9.84 Å². The number of hydrogen-bond donors (Lipinski definition) is 1. The number of likely N-dealkylation sites (N-methyl/N-ethyl adjacent to an activating group) is 1. The lowest BCUT2D eigenvalue weighted by Crippen LogP contribution is -2.48. The Morgan fingerprint density at radius 1 is 1.40 bits per heavy atom. The van der Waals surface area contributed by atoms with Crippen molar-refractivity contribution in [2.45, 2.75) is 33.1 Å². The molecule has 0 radical (unpaired) electrons. The highest BCUT2D eigenvalue weighted by Gasteiger charge is 2.27. The van der Waals surface area contributed by atoms with Gasteiger partial charge < -0.3 is 19.6 Å². The third kappa shape index (κ3) is 5.36. The van der Waals surface area contributed by atoms with E-state index in [0.717, 1.165) is 19.4 Å². The van der Waals surface area contributed by atoms with Crippen LogP contribution >= 0.6 is 0 Å². The molecular formula is C14H26N2O4. The Balaban J connectivity index is 2.48. The number of urea groups is 1. The molecule has 20 heavy (non-hydrogen) atoms. The lowest BCUT2D eigenvalue weighted by molar-refractivity contribution is -0.138. The van der Waals surface area contributed by atoms with Gasteiger partial charge in [0.2, 0.25) is 0 Å². The molecule has 6 heteroatoms. The third-order valence-corrected chi connectivity index (χ3v) is 3.61. The van der Waals surface area contributed by atoms with Crippen molar-refractivity contribution in [3.05, 3.63) is 0 Å². The van der Waals surface area contributed by atoms with Crippen molar-refractivity contribution in [2.75, 3.05) is 39.4 Å². The number of carbonyl (C=O) groups is 2. The van der Waals surface area contributed by atoms with Crippen LogP contribution in [0.4, 0.5) is 4.79 Å². The number of ether oxygens (including phenoxy) is 1. The quantitative estimate of drug-likeness (QED) is 0.722. The van der Waals surface area contributed by atoms with Crippen LogP contribution in [0.1, 0.15) is 33.1 Å². The molecule has 0 aromatic rings. The average molecular weight is 286 g/mol. The first-order chi connectivity index (χ1) is 9.58. The summed E-state index contributed by atoms with van der Waals surface area (Å²) >= 11 is 0. The fraction of sp³-hybridized carbons (Fsp3) is 0.857. The molecule has 6 nitrogen and oxygen atoms in total. The van der Waals surface area contributed by atoms with Crippen molar-refractivity contribution in [3.8, 4) is 0 Å². The first-order valence-corrected chi connectivity index (χ1v) is 7.41. The van der Waals surface area contributed by atoms with Gasteiger partial charge in [0.1, 0.15) is 0 Å². The smallest absolute Gasteiger partial charge is 0.320 e. The van der Waals surface area contributed by atoms with E-state index in [1.165, 1.54) is 0 Å². The summed E-state index contributed by atoms with van der Waals surface area (Å²) in [5.74, 6) is -0.705. The fourth-order valence-corrected chi connectivity index (χ4v) is 2.56. The Labute approximate surface area is 120 Å². The Morgan fingerprint density at radius 2 is 2.15 bits per heavy atom. The molecule has 116 valence electrons. The van der Waals surface area contributed by atoms with Crippen LogP contribution in [0, 0.1) is 5.92 Å². The summed E-state index contributed by atoms with van der Waals surface area (Å²) < 4.78 is 5.29. The zero-order valence-electron chi connectivity index (χ0n) is 12.5. The molecule has 1 unspecified atom stereocenters. The van der Waals surface area contributed by atoms with E-state index in [-0.39, 0.29) is 18.4 Å². The number of likely N-dealkylation sites (tertiary alicyclic amines) is 1. The molecule has 0 bridgehead atoms. The second kappa shape index (κ2) is 8.79. The van der Waals surface area contributed by atoms with Crippen LogP contribution in [-0.4, -0.2) is 66.3 Å². The summed E-state index contributed by atoms with van der Waals surface area (Å²) in [6, 6.07) is 0.00212. The number of rotatable bonds is 7. The minimum atomic E-state index is -0.784. The van der Waals surface area contributed by atoms with Gasteiger partial charge in [0, 0.05) is 39.2 Å². The van der Waals surface area contributed by atoms with Crippen LogP contribution in [0.25, 0.3) is 0 Å². The van der Waals surface area contributed by atoms with E-state index in [9.17, 15) is 9.59 Å². The van der Waals surface area contributed by atoms with Crippen LogP contribution in [0.2, 0.25) is 0 Å². The van der Waals surface area contributed by atoms with Crippen LogP contribution in [0.3, 0.4) is 0 Å². The summed E-state index contributed by atoms with van der Waals surface area (Å²) in [6.45, 7) is 7.58. The minimum Gasteiger partial charge on any atom is -0.481 e. The maximum absolute atomic E-state index is 12.4. The van der Waals surface area contributed by atoms with Gasteiger partial charge >= 0.3 is 12.0 Å². The van der Waals surface area contributed by atoms with Gasteiger partial charge in [-0.15, -0.1) is 0 Å². The molecule has 2 amide bonds. The van der Waals surface area contributed by atoms with Crippen molar-refractivity contribution in [3.63, 3.8) is 0 Å². The summed E-state index contributed by atoms with van der Waals surface area (Å²) in [5, 5.41) is 8.86. The highest BCUT2D eigenvalue weighted by atomic mass is 16.5. The molecule has 0 saturated carbocycles. The summed E-state index contributed by atoms with van der Waals surface area (Å²) in [4.78, 5) is 26.7. The van der Waals surface area contributed by atoms with Crippen molar-refractivity contribution in [1.29, 1.82) is 0 Å². The molecule has 1 heterocycles. The van der Waals surface area contributed by atoms with E-state index in [0.29, 0.717) is 32.8 Å². The Bertz CT molecular complexity index is 322. The monoisotopic (exact) mass is 286 g/mol. The highest BCUT2D eigenvalue weighted by Crippen LogP contribution is 2.20. The molecule has 0 spiro atoms. The fourth-order valence-electron chi connectivity index (χ4n) is 2.56. The van der Waals surface area contributed by atoms with E-state index in [1.807, 2.05) is 13.8 Å². The number of piperidine rings is 1. The number of nitrogens with zero attached hydrogens (tertiary/aromatic N) is 2. The largest absolute Gasteiger partial charge is 0.481 e. The number of carbonyl (C=O) groups excluding carboxylic acids is 1. The predicted molar refractivity (Wildman–Crippen MR) is 75.7 cm³/mol. The number of hydrogen-bond acceptors (Lipinski definition) is 3. The van der Waals surface area contributed by atoms with Crippen molar-refractivity contribution < 1.29 is 19.4 Å². The Hall–Kier alpha value is -1.30. The lowest BCUT2D eigenvalue weighted by atomic mass is 9.95. The summed E-state index contributed by atoms with van der Waals surface area (Å²) in [6.07, 6.45) is 1.92. The van der Waals surface area contributed by atoms with Gasteiger partial charge in [-0.3, -0.25) is 4.79 Å². The average Bonchev–Trinajstić information content (AvgIpc) is 2.42. The van der Waals surface area contributed by atoms with Gasteiger partial charge in [-0.1, -0.05) is 0 Å². The van der Waals surface area contributed by atoms with E-state index < -0.39 is 5.97 Å². The van der Waals surface area contributed by atoms with E-state index in [2.05, 4.69) is 0 Å². The van der Waals surface area contributed by atoms with Crippen LogP contribution in [0.5, 0.6) is 0 Å². The Morgan fingerprint density at radius 3 is 2.75 bits per heavy atom. The van der Waals surface area contributed by atoms with Crippen LogP contribution in [-0.2, 0) is 9.53 Å². The van der Waals surface area contributed by atoms with E-state index in [1.54, 1.807) is 9.80 Å². The first kappa shape index (κ1) is 16.8. The van der Waals surface area contributed by atoms with Gasteiger partial charge in [0.05, 0.1) is 6.61 Å². The standard InChI is InChI=1S/C14H26N2O4/c1-3-15(8-9-20-4-2)14(19)16-7-5-6-12(11-16)10-13(17)18/h12H,3-11H2,1-2H3,(H,17,18). The maximum atomic E-state index is 12.4. The van der Waals surface area contributed by atoms with Crippen LogP contribution < -0.4 is 0 Å². The lowest BCUT2D eigenvalue weighted by Gasteiger charge is -2.35. The molecule has 1 rings (SSSR count).